The van der Waals surface area contributed by atoms with Crippen molar-refractivity contribution < 1.29 is 103 Å². The number of imidazole rings is 2. The fraction of sp³-hybridized carbons (Fsp3) is 0.500. The molecule has 0 aromatic carbocycles. The second-order valence-corrected chi connectivity index (χ2v) is 19.7. The van der Waals surface area contributed by atoms with Gasteiger partial charge in [0.05, 0.1) is 25.9 Å². The van der Waals surface area contributed by atoms with E-state index in [1.54, 1.807) is 0 Å². The molecule has 0 bridgehead atoms. The van der Waals surface area contributed by atoms with E-state index in [1.807, 2.05) is 0 Å². The minimum Gasteiger partial charge on any atom is -0.387 e. The van der Waals surface area contributed by atoms with E-state index >= 15 is 0 Å². The van der Waals surface area contributed by atoms with Crippen molar-refractivity contribution in [2.24, 2.45) is 0 Å². The van der Waals surface area contributed by atoms with Crippen molar-refractivity contribution in [3.05, 3.63) is 33.4 Å². The van der Waals surface area contributed by atoms with Crippen LogP contribution >= 0.6 is 39.1 Å². The summed E-state index contributed by atoms with van der Waals surface area (Å²) < 4.78 is 98.3. The molecule has 60 heavy (non-hydrogen) atoms. The van der Waals surface area contributed by atoms with Gasteiger partial charge in [-0.15, -0.1) is 0 Å². The maximum absolute atomic E-state index is 12.4. The van der Waals surface area contributed by atoms with Crippen LogP contribution in [0.25, 0.3) is 22.3 Å². The molecule has 6 rings (SSSR count). The molecular formula is C20H32N11O24P5. The first-order valence-electron chi connectivity index (χ1n) is 15.4. The standard InChI is InChI=1S/C20H29N10O24P5.H3N/c21-19-25-13-7(15(35)27-19)23-3-29(13)17-11(33)9(31)5(49-17)1-47-55(37,38)51-57(41,42)53-59(45,46)54-58(43,44)52-56(39,40)48-2-6-10(32)12(34)18(50-6)30-4-24-8-14(30)26-20(22)28-16(8)36;/h3-6,9-12,17-18,31-34H,1-2H2,(H,37,38)(H,39,40)(H,41,42)(H,43,44)(H,45,46)(H3,21,25,27,35)(H3,22,26,28,36);1H3/t5-,6-,9-,10-,11-,12-,17-,18-;/m1./s1. The number of aliphatic hydroxyl groups excluding tert-OH is 4. The summed E-state index contributed by atoms with van der Waals surface area (Å²) in [5, 5.41) is 41.8. The highest BCUT2D eigenvalue weighted by molar-refractivity contribution is 7.71. The lowest BCUT2D eigenvalue weighted by molar-refractivity contribution is -0.0503. The van der Waals surface area contributed by atoms with Crippen LogP contribution < -0.4 is 28.7 Å². The Morgan fingerprint density at radius 3 is 1.25 bits per heavy atom. The Morgan fingerprint density at radius 2 is 0.917 bits per heavy atom. The molecule has 35 nitrogen and oxygen atoms in total. The number of ether oxygens (including phenoxy) is 2. The molecule has 18 N–H and O–H groups in total. The number of hydrogen-bond acceptors (Lipinski definition) is 26. The lowest BCUT2D eigenvalue weighted by Gasteiger charge is -2.21. The lowest BCUT2D eigenvalue weighted by atomic mass is 10.1. The Labute approximate surface area is 329 Å². The average Bonchev–Trinajstić information content (AvgIpc) is 3.82. The average molecular weight is 965 g/mol. The van der Waals surface area contributed by atoms with Crippen LogP contribution in [0.1, 0.15) is 12.5 Å². The monoisotopic (exact) mass is 965 g/mol. The second-order valence-electron chi connectivity index (χ2n) is 11.9. The number of phosphoric acid groups is 5. The minimum atomic E-state index is -6.49. The molecule has 2 saturated heterocycles. The van der Waals surface area contributed by atoms with E-state index in [2.05, 4.69) is 56.2 Å². The molecule has 0 aliphatic carbocycles. The van der Waals surface area contributed by atoms with Gasteiger partial charge in [0.2, 0.25) is 11.9 Å². The zero-order valence-corrected chi connectivity index (χ0v) is 33.6. The number of phosphoric ester groups is 2. The molecule has 2 aliphatic heterocycles. The molecule has 0 saturated carbocycles. The van der Waals surface area contributed by atoms with E-state index in [4.69, 9.17) is 20.9 Å². The third-order valence-electron chi connectivity index (χ3n) is 7.75. The smallest absolute Gasteiger partial charge is 0.387 e. The number of rotatable bonds is 16. The maximum Gasteiger partial charge on any atom is 0.490 e. The first kappa shape index (κ1) is 47.8. The Morgan fingerprint density at radius 1 is 0.600 bits per heavy atom. The normalized spacial score (nSPS) is 29.6. The highest BCUT2D eigenvalue weighted by Crippen LogP contribution is 2.73. The van der Waals surface area contributed by atoms with Crippen LogP contribution in [0.3, 0.4) is 0 Å². The molecule has 40 heteroatoms. The molecule has 4 unspecified atom stereocenters. The fourth-order valence-corrected chi connectivity index (χ4v) is 11.8. The van der Waals surface area contributed by atoms with Crippen molar-refractivity contribution in [3.63, 3.8) is 0 Å². The minimum absolute atomic E-state index is 0. The topological polar surface area (TPSA) is 555 Å². The van der Waals surface area contributed by atoms with Gasteiger partial charge in [-0.1, -0.05) is 0 Å². The number of aliphatic hydroxyl groups is 4. The first-order chi connectivity index (χ1) is 27.2. The number of anilines is 2. The molecule has 0 radical (unpaired) electrons. The summed E-state index contributed by atoms with van der Waals surface area (Å²) in [5.41, 5.74) is 8.51. The van der Waals surface area contributed by atoms with Gasteiger partial charge in [-0.25, -0.2) is 32.8 Å². The van der Waals surface area contributed by atoms with Crippen LogP contribution in [0.4, 0.5) is 11.9 Å². The Balaban J connectivity index is 0.00000683. The van der Waals surface area contributed by atoms with Gasteiger partial charge < -0.3 is 72.0 Å². The van der Waals surface area contributed by atoms with Gasteiger partial charge in [0, 0.05) is 0 Å². The van der Waals surface area contributed by atoms with Crippen molar-refractivity contribution in [2.45, 2.75) is 49.1 Å². The van der Waals surface area contributed by atoms with Gasteiger partial charge in [-0.3, -0.25) is 37.7 Å². The van der Waals surface area contributed by atoms with E-state index in [-0.39, 0.29) is 40.4 Å². The van der Waals surface area contributed by atoms with E-state index in [0.717, 1.165) is 21.8 Å². The number of H-pyrrole nitrogens is 2. The largest absolute Gasteiger partial charge is 0.490 e. The van der Waals surface area contributed by atoms with E-state index in [0.29, 0.717) is 0 Å². The second kappa shape index (κ2) is 17.1. The van der Waals surface area contributed by atoms with Gasteiger partial charge >= 0.3 is 39.1 Å². The molecule has 6 heterocycles. The number of nitrogens with two attached hydrogens (primary N) is 2. The number of fused-ring (bicyclic) bond motifs is 2. The third-order valence-corrected chi connectivity index (χ3v) is 15.3. The molecule has 2 fully saturated rings. The molecule has 2 aliphatic rings. The molecular weight excluding hydrogens is 933 g/mol. The van der Waals surface area contributed by atoms with Gasteiger partial charge in [0.1, 0.15) is 36.6 Å². The zero-order chi connectivity index (χ0) is 43.6. The van der Waals surface area contributed by atoms with Crippen LogP contribution in [0, 0.1) is 0 Å². The molecule has 0 amide bonds. The maximum atomic E-state index is 12.4. The number of nitrogens with one attached hydrogen (secondary N) is 2. The molecule has 4 aromatic heterocycles. The molecule has 336 valence electrons. The van der Waals surface area contributed by atoms with Crippen molar-refractivity contribution in [1.82, 2.24) is 45.2 Å². The van der Waals surface area contributed by atoms with Crippen LogP contribution in [-0.2, 0) is 58.6 Å². The molecule has 0 spiro atoms. The summed E-state index contributed by atoms with van der Waals surface area (Å²) in [5.74, 6) is -0.726. The van der Waals surface area contributed by atoms with E-state index < -0.39 is 113 Å². The quantitative estimate of drug-likeness (QED) is 0.0483. The van der Waals surface area contributed by atoms with E-state index in [9.17, 15) is 77.3 Å². The van der Waals surface area contributed by atoms with Gasteiger partial charge in [-0.05, 0) is 0 Å². The fourth-order valence-electron chi connectivity index (χ4n) is 5.40. The van der Waals surface area contributed by atoms with Crippen LogP contribution in [0.2, 0.25) is 0 Å². The highest BCUT2D eigenvalue weighted by atomic mass is 31.3. The summed E-state index contributed by atoms with van der Waals surface area (Å²) in [6.45, 7) is -2.47. The zero-order valence-electron chi connectivity index (χ0n) is 29.1. The van der Waals surface area contributed by atoms with Crippen LogP contribution in [-0.4, -0.2) is 134 Å². The molecule has 12 atom stereocenters. The van der Waals surface area contributed by atoms with Gasteiger partial charge in [0.15, 0.2) is 34.8 Å². The van der Waals surface area contributed by atoms with Crippen LogP contribution in [0.5, 0.6) is 0 Å². The summed E-state index contributed by atoms with van der Waals surface area (Å²) in [7, 11) is -31.1. The first-order valence-corrected chi connectivity index (χ1v) is 22.9. The highest BCUT2D eigenvalue weighted by Gasteiger charge is 2.51. The van der Waals surface area contributed by atoms with Gasteiger partial charge in [0.25, 0.3) is 11.1 Å². The summed E-state index contributed by atoms with van der Waals surface area (Å²) in [4.78, 5) is 93.0. The molecule has 4 aromatic rings. The number of hydrogen-bond donors (Lipinski definition) is 14. The van der Waals surface area contributed by atoms with Crippen LogP contribution in [0.15, 0.2) is 22.2 Å². The number of nitrogens with zero attached hydrogens (tertiary/aromatic N) is 6. The summed E-state index contributed by atoms with van der Waals surface area (Å²) in [6, 6.07) is 0. The van der Waals surface area contributed by atoms with E-state index in [1.165, 1.54) is 0 Å². The van der Waals surface area contributed by atoms with Crippen molar-refractivity contribution in [3.8, 4) is 0 Å². The summed E-state index contributed by atoms with van der Waals surface area (Å²) in [6.07, 6.45) is -12.3. The Bertz CT molecular complexity index is 2450. The van der Waals surface area contributed by atoms with Crippen molar-refractivity contribution >= 4 is 73.3 Å². The summed E-state index contributed by atoms with van der Waals surface area (Å²) >= 11 is 0. The predicted molar refractivity (Wildman–Crippen MR) is 187 cm³/mol. The van der Waals surface area contributed by atoms with Crippen molar-refractivity contribution in [2.75, 3.05) is 24.7 Å². The Kier molecular flexibility index (Phi) is 13.6. The Hall–Kier alpha value is -3.27. The third kappa shape index (κ3) is 10.5. The lowest BCUT2D eigenvalue weighted by Crippen LogP contribution is -2.33. The SMILES string of the molecule is N.Nc1nc2c(ncn2[C@@H]2O[C@H](COP(=O)(O)OP(=O)(O)OP(=O)(O)OP(=O)(O)OP(=O)(O)OC[C@H]3O[C@@H](n4cnc5c(=O)[nH]c(N)nc54)[C@H](O)[C@@H]3O)[C@@H](O)[C@H]2O)c(=O)[nH]1. The predicted octanol–water partition coefficient (Wildman–Crippen LogP) is -3.58. The number of aromatic nitrogens is 8. The van der Waals surface area contributed by atoms with Crippen molar-refractivity contribution in [1.29, 1.82) is 0 Å². The number of nitrogen functional groups attached to an aromatic ring is 2. The number of aromatic amines is 2. The van der Waals surface area contributed by atoms with Gasteiger partial charge in [-0.2, -0.15) is 27.2 Å².